The van der Waals surface area contributed by atoms with E-state index >= 15 is 0 Å². The minimum absolute atomic E-state index is 0.00950. The van der Waals surface area contributed by atoms with Gasteiger partial charge in [0.15, 0.2) is 0 Å². The minimum Gasteiger partial charge on any atom is -0.379 e. The Balaban J connectivity index is 2.77. The number of carbonyl (C=O) groups excluding carboxylic acids is 2. The Morgan fingerprint density at radius 1 is 1.26 bits per heavy atom. The molecule has 1 saturated heterocycles. The number of aliphatic hydroxyl groups excluding tert-OH is 1. The third-order valence-corrected chi connectivity index (χ3v) is 6.92. The predicted octanol–water partition coefficient (Wildman–Crippen LogP) is 3.88. The normalized spacial score (nSPS) is 22.2. The van der Waals surface area contributed by atoms with Crippen LogP contribution in [0.3, 0.4) is 0 Å². The van der Waals surface area contributed by atoms with E-state index in [1.165, 1.54) is 0 Å². The number of halogens is 1. The summed E-state index contributed by atoms with van der Waals surface area (Å²) in [5, 5.41) is 16.1. The highest BCUT2D eigenvalue weighted by Crippen LogP contribution is 2.41. The molecule has 1 aliphatic rings. The van der Waals surface area contributed by atoms with Crippen LogP contribution in [0, 0.1) is 23.2 Å². The molecule has 0 aromatic rings. The molecule has 3 N–H and O–H groups in total. The molecular weight excluding hydrogens is 414 g/mol. The first-order chi connectivity index (χ1) is 14.4. The molecule has 0 saturated carbocycles. The van der Waals surface area contributed by atoms with Crippen molar-refractivity contribution in [1.29, 1.82) is 0 Å². The molecule has 31 heavy (non-hydrogen) atoms. The monoisotopic (exact) mass is 457 g/mol. The van der Waals surface area contributed by atoms with Gasteiger partial charge in [0, 0.05) is 18.1 Å². The molecule has 0 spiro atoms. The molecule has 2 amide bonds. The van der Waals surface area contributed by atoms with Gasteiger partial charge in [-0.3, -0.25) is 14.9 Å². The van der Waals surface area contributed by atoms with Gasteiger partial charge in [-0.1, -0.05) is 66.1 Å². The zero-order valence-electron chi connectivity index (χ0n) is 20.5. The van der Waals surface area contributed by atoms with E-state index in [0.29, 0.717) is 31.3 Å². The lowest BCUT2D eigenvalue weighted by Gasteiger charge is -2.47. The van der Waals surface area contributed by atoms with Crippen LogP contribution in [0.5, 0.6) is 0 Å². The molecule has 0 aliphatic carbocycles. The molecule has 4 atom stereocenters. The van der Waals surface area contributed by atoms with Crippen molar-refractivity contribution in [2.45, 2.75) is 86.4 Å². The summed E-state index contributed by atoms with van der Waals surface area (Å²) in [6.45, 7) is 15.9. The molecule has 1 heterocycles. The van der Waals surface area contributed by atoms with E-state index in [2.05, 4.69) is 44.4 Å². The van der Waals surface area contributed by atoms with Gasteiger partial charge < -0.3 is 15.3 Å². The number of carbonyl (C=O) groups is 2. The molecule has 0 radical (unpaired) electrons. The Kier molecular flexibility index (Phi) is 11.5. The van der Waals surface area contributed by atoms with Crippen LogP contribution in [0.15, 0.2) is 11.1 Å². The maximum absolute atomic E-state index is 13.3. The van der Waals surface area contributed by atoms with Gasteiger partial charge in [-0.25, -0.2) is 0 Å². The SMILES string of the molecule is CC/C(Cl)=C\CC(C)C1CCN(C(=O)[C@H](NC(=O)CNC(O)CC)C(C)C)CC1(C)C. The Labute approximate surface area is 194 Å². The van der Waals surface area contributed by atoms with Crippen molar-refractivity contribution in [2.75, 3.05) is 19.6 Å². The molecular formula is C24H44ClN3O3. The third-order valence-electron chi connectivity index (χ3n) is 6.49. The molecule has 3 unspecified atom stereocenters. The van der Waals surface area contributed by atoms with Gasteiger partial charge in [-0.05, 0) is 48.9 Å². The van der Waals surface area contributed by atoms with Crippen LogP contribution in [-0.4, -0.2) is 53.7 Å². The second kappa shape index (κ2) is 12.8. The summed E-state index contributed by atoms with van der Waals surface area (Å²) in [5.74, 6) is 0.674. The Morgan fingerprint density at radius 2 is 1.90 bits per heavy atom. The highest BCUT2D eigenvalue weighted by molar-refractivity contribution is 6.29. The molecule has 6 nitrogen and oxygen atoms in total. The topological polar surface area (TPSA) is 81.7 Å². The molecule has 0 bridgehead atoms. The highest BCUT2D eigenvalue weighted by atomic mass is 35.5. The summed E-state index contributed by atoms with van der Waals surface area (Å²) in [6, 6.07) is -0.566. The quantitative estimate of drug-likeness (QED) is 0.411. The van der Waals surface area contributed by atoms with Crippen LogP contribution in [0.2, 0.25) is 0 Å². The van der Waals surface area contributed by atoms with Crippen molar-refractivity contribution >= 4 is 23.4 Å². The number of rotatable bonds is 11. The van der Waals surface area contributed by atoms with Crippen molar-refractivity contribution in [1.82, 2.24) is 15.5 Å². The van der Waals surface area contributed by atoms with Gasteiger partial charge in [0.05, 0.1) is 6.54 Å². The number of nitrogens with one attached hydrogen (secondary N) is 2. The number of amides is 2. The summed E-state index contributed by atoms with van der Waals surface area (Å²) in [7, 11) is 0. The van der Waals surface area contributed by atoms with Crippen molar-refractivity contribution < 1.29 is 14.7 Å². The molecule has 1 fully saturated rings. The number of nitrogens with zero attached hydrogens (tertiary/aromatic N) is 1. The predicted molar refractivity (Wildman–Crippen MR) is 128 cm³/mol. The van der Waals surface area contributed by atoms with Crippen LogP contribution >= 0.6 is 11.6 Å². The second-order valence-corrected chi connectivity index (χ2v) is 10.4. The number of hydrogen-bond acceptors (Lipinski definition) is 4. The van der Waals surface area contributed by atoms with E-state index in [9.17, 15) is 14.7 Å². The highest BCUT2D eigenvalue weighted by Gasteiger charge is 2.41. The van der Waals surface area contributed by atoms with Crippen LogP contribution in [0.4, 0.5) is 0 Å². The van der Waals surface area contributed by atoms with Gasteiger partial charge >= 0.3 is 0 Å². The largest absolute Gasteiger partial charge is 0.379 e. The van der Waals surface area contributed by atoms with Crippen molar-refractivity contribution in [3.05, 3.63) is 11.1 Å². The lowest BCUT2D eigenvalue weighted by atomic mass is 9.67. The lowest BCUT2D eigenvalue weighted by molar-refractivity contribution is -0.142. The van der Waals surface area contributed by atoms with E-state index in [0.717, 1.165) is 24.3 Å². The molecule has 0 aromatic heterocycles. The van der Waals surface area contributed by atoms with Gasteiger partial charge in [-0.2, -0.15) is 0 Å². The summed E-state index contributed by atoms with van der Waals surface area (Å²) in [5.41, 5.74) is -0.0157. The zero-order valence-corrected chi connectivity index (χ0v) is 21.3. The molecule has 7 heteroatoms. The minimum atomic E-state index is -0.720. The maximum atomic E-state index is 13.3. The lowest BCUT2D eigenvalue weighted by Crippen LogP contribution is -2.57. The van der Waals surface area contributed by atoms with E-state index in [1.807, 2.05) is 25.7 Å². The van der Waals surface area contributed by atoms with Crippen molar-refractivity contribution in [3.63, 3.8) is 0 Å². The molecule has 1 rings (SSSR count). The molecule has 1 aliphatic heterocycles. The summed E-state index contributed by atoms with van der Waals surface area (Å²) >= 11 is 6.19. The number of likely N-dealkylation sites (tertiary alicyclic amines) is 1. The number of allylic oxidation sites excluding steroid dienone is 2. The van der Waals surface area contributed by atoms with Gasteiger partial charge in [0.2, 0.25) is 11.8 Å². The van der Waals surface area contributed by atoms with Crippen LogP contribution in [0.1, 0.15) is 74.1 Å². The van der Waals surface area contributed by atoms with E-state index < -0.39 is 12.3 Å². The number of aliphatic hydroxyl groups is 1. The Bertz CT molecular complexity index is 621. The zero-order chi connectivity index (χ0) is 23.8. The van der Waals surface area contributed by atoms with E-state index in [1.54, 1.807) is 0 Å². The van der Waals surface area contributed by atoms with Gasteiger partial charge in [-0.15, -0.1) is 0 Å². The fourth-order valence-electron chi connectivity index (χ4n) is 4.53. The summed E-state index contributed by atoms with van der Waals surface area (Å²) < 4.78 is 0. The maximum Gasteiger partial charge on any atom is 0.245 e. The summed E-state index contributed by atoms with van der Waals surface area (Å²) in [6.07, 6.45) is 4.69. The fraction of sp³-hybridized carbons (Fsp3) is 0.833. The van der Waals surface area contributed by atoms with Crippen LogP contribution in [-0.2, 0) is 9.59 Å². The standard InChI is InChI=1S/C24H44ClN3O3/c1-8-18(25)11-10-17(5)19-12-13-28(15-24(19,6)7)23(31)22(16(3)4)27-21(30)14-26-20(29)9-2/h11,16-17,19-20,22,26,29H,8-10,12-15H2,1-7H3,(H,27,30)/b18-11+/t17?,19?,20?,22-/m1/s1. The van der Waals surface area contributed by atoms with Gasteiger partial charge in [0.25, 0.3) is 0 Å². The smallest absolute Gasteiger partial charge is 0.245 e. The first-order valence-electron chi connectivity index (χ1n) is 11.8. The van der Waals surface area contributed by atoms with Crippen LogP contribution in [0.25, 0.3) is 0 Å². The fourth-order valence-corrected chi connectivity index (χ4v) is 4.62. The molecule has 0 aromatic carbocycles. The van der Waals surface area contributed by atoms with Crippen molar-refractivity contribution in [2.24, 2.45) is 23.2 Å². The Hall–Kier alpha value is -1.11. The number of piperidine rings is 1. The average Bonchev–Trinajstić information content (AvgIpc) is 2.72. The number of hydrogen-bond donors (Lipinski definition) is 3. The first-order valence-corrected chi connectivity index (χ1v) is 12.1. The van der Waals surface area contributed by atoms with Crippen molar-refractivity contribution in [3.8, 4) is 0 Å². The van der Waals surface area contributed by atoms with E-state index in [4.69, 9.17) is 11.6 Å². The average molecular weight is 458 g/mol. The van der Waals surface area contributed by atoms with E-state index in [-0.39, 0.29) is 29.7 Å². The second-order valence-electron chi connectivity index (χ2n) is 9.96. The summed E-state index contributed by atoms with van der Waals surface area (Å²) in [4.78, 5) is 27.5. The first kappa shape index (κ1) is 27.9. The molecule has 180 valence electrons. The van der Waals surface area contributed by atoms with Gasteiger partial charge in [0.1, 0.15) is 12.3 Å². The third kappa shape index (κ3) is 8.74. The Morgan fingerprint density at radius 3 is 2.42 bits per heavy atom. The van der Waals surface area contributed by atoms with Crippen LogP contribution < -0.4 is 10.6 Å².